The summed E-state index contributed by atoms with van der Waals surface area (Å²) < 4.78 is 46.9. The minimum absolute atomic E-state index is 0.000126. The van der Waals surface area contributed by atoms with E-state index in [9.17, 15) is 17.6 Å². The van der Waals surface area contributed by atoms with Crippen molar-refractivity contribution in [3.05, 3.63) is 76.0 Å². The van der Waals surface area contributed by atoms with Crippen molar-refractivity contribution in [1.82, 2.24) is 4.98 Å². The lowest BCUT2D eigenvalue weighted by molar-refractivity contribution is 0.102. The number of fused-ring (bicyclic) bond motifs is 1. The number of anilines is 2. The van der Waals surface area contributed by atoms with Gasteiger partial charge < -0.3 is 10.1 Å². The molecule has 0 radical (unpaired) electrons. The number of rotatable bonds is 4. The van der Waals surface area contributed by atoms with Crippen LogP contribution in [0.3, 0.4) is 0 Å². The molecular weight excluding hydrogens is 468 g/mol. The molecule has 0 saturated carbocycles. The molecule has 11 heteroatoms. The van der Waals surface area contributed by atoms with Crippen LogP contribution in [0.1, 0.15) is 10.4 Å². The third-order valence-electron chi connectivity index (χ3n) is 4.44. The van der Waals surface area contributed by atoms with E-state index in [2.05, 4.69) is 10.3 Å². The molecule has 1 aliphatic heterocycles. The molecule has 3 aromatic rings. The van der Waals surface area contributed by atoms with Gasteiger partial charge in [0.15, 0.2) is 11.6 Å². The van der Waals surface area contributed by atoms with Gasteiger partial charge in [-0.3, -0.25) is 4.79 Å². The first kappa shape index (κ1) is 21.4. The molecule has 31 heavy (non-hydrogen) atoms. The molecule has 0 unspecified atom stereocenters. The Morgan fingerprint density at radius 1 is 1.13 bits per heavy atom. The van der Waals surface area contributed by atoms with E-state index in [-0.39, 0.29) is 51.0 Å². The van der Waals surface area contributed by atoms with Gasteiger partial charge in [-0.05, 0) is 42.5 Å². The molecule has 7 nitrogen and oxygen atoms in total. The molecule has 1 amide bonds. The summed E-state index contributed by atoms with van der Waals surface area (Å²) in [4.78, 5) is 16.7. The number of ether oxygens (including phenoxy) is 1. The fraction of sp³-hybridized carbons (Fsp3) is 0.100. The number of nitrogens with one attached hydrogen (secondary N) is 1. The molecule has 1 aromatic heterocycles. The molecule has 0 aliphatic carbocycles. The quantitative estimate of drug-likeness (QED) is 0.597. The third kappa shape index (κ3) is 4.16. The maximum atomic E-state index is 14.0. The van der Waals surface area contributed by atoms with Gasteiger partial charge in [-0.1, -0.05) is 35.3 Å². The third-order valence-corrected chi connectivity index (χ3v) is 6.78. The first-order valence-electron chi connectivity index (χ1n) is 8.95. The molecule has 0 bridgehead atoms. The topological polar surface area (TPSA) is 88.6 Å². The molecule has 2 heterocycles. The van der Waals surface area contributed by atoms with E-state index >= 15 is 0 Å². The fourth-order valence-electron chi connectivity index (χ4n) is 3.02. The highest BCUT2D eigenvalue weighted by atomic mass is 35.5. The van der Waals surface area contributed by atoms with Crippen molar-refractivity contribution in [2.24, 2.45) is 0 Å². The highest BCUT2D eigenvalue weighted by molar-refractivity contribution is 7.92. The lowest BCUT2D eigenvalue weighted by Crippen LogP contribution is -2.38. The van der Waals surface area contributed by atoms with E-state index in [1.165, 1.54) is 42.5 Å². The van der Waals surface area contributed by atoms with E-state index in [1.54, 1.807) is 6.07 Å². The summed E-state index contributed by atoms with van der Waals surface area (Å²) >= 11 is 11.9. The zero-order chi connectivity index (χ0) is 22.2. The smallest absolute Gasteiger partial charge is 0.265 e. The maximum Gasteiger partial charge on any atom is 0.265 e. The lowest BCUT2D eigenvalue weighted by Gasteiger charge is -2.29. The van der Waals surface area contributed by atoms with Gasteiger partial charge in [0, 0.05) is 5.02 Å². The van der Waals surface area contributed by atoms with Crippen LogP contribution < -0.4 is 14.4 Å². The maximum absolute atomic E-state index is 14.0. The van der Waals surface area contributed by atoms with E-state index in [0.717, 1.165) is 10.4 Å². The Morgan fingerprint density at radius 2 is 1.90 bits per heavy atom. The standard InChI is InChI=1S/C20H14Cl2FN3O4S/c21-12-3-1-4-13(11-12)31(28,29)26-9-10-30-16-7-8-17(24-19(16)26)25-20(27)18-14(22)5-2-6-15(18)23/h1-8,11H,9-10H2,(H,24,25,27). The molecule has 4 rings (SSSR count). The second-order valence-electron chi connectivity index (χ2n) is 6.45. The van der Waals surface area contributed by atoms with E-state index in [4.69, 9.17) is 27.9 Å². The molecule has 160 valence electrons. The van der Waals surface area contributed by atoms with Gasteiger partial charge in [0.2, 0.25) is 0 Å². The van der Waals surface area contributed by atoms with Crippen molar-refractivity contribution in [2.45, 2.75) is 4.90 Å². The first-order chi connectivity index (χ1) is 14.8. The number of hydrogen-bond acceptors (Lipinski definition) is 5. The van der Waals surface area contributed by atoms with Gasteiger partial charge in [-0.15, -0.1) is 0 Å². The average molecular weight is 482 g/mol. The van der Waals surface area contributed by atoms with E-state index in [1.807, 2.05) is 0 Å². The van der Waals surface area contributed by atoms with Gasteiger partial charge in [0.25, 0.3) is 15.9 Å². The highest BCUT2D eigenvalue weighted by Gasteiger charge is 2.32. The Hall–Kier alpha value is -2.88. The Balaban J connectivity index is 1.69. The number of aromatic nitrogens is 1. The molecule has 0 saturated heterocycles. The number of hydrogen-bond donors (Lipinski definition) is 1. The Kier molecular flexibility index (Phi) is 5.74. The average Bonchev–Trinajstić information content (AvgIpc) is 2.73. The zero-order valence-corrected chi connectivity index (χ0v) is 18.0. The van der Waals surface area contributed by atoms with Crippen LogP contribution >= 0.6 is 23.2 Å². The van der Waals surface area contributed by atoms with Crippen molar-refractivity contribution in [3.63, 3.8) is 0 Å². The zero-order valence-electron chi connectivity index (χ0n) is 15.7. The van der Waals surface area contributed by atoms with Crippen LogP contribution in [0.2, 0.25) is 10.0 Å². The first-order valence-corrected chi connectivity index (χ1v) is 11.1. The van der Waals surface area contributed by atoms with Crippen molar-refractivity contribution < 1.29 is 22.3 Å². The van der Waals surface area contributed by atoms with Crippen molar-refractivity contribution in [1.29, 1.82) is 0 Å². The minimum Gasteiger partial charge on any atom is -0.488 e. The number of nitrogens with zero attached hydrogens (tertiary/aromatic N) is 2. The van der Waals surface area contributed by atoms with Gasteiger partial charge >= 0.3 is 0 Å². The van der Waals surface area contributed by atoms with Gasteiger partial charge in [-0.25, -0.2) is 22.1 Å². The normalized spacial score (nSPS) is 13.3. The summed E-state index contributed by atoms with van der Waals surface area (Å²) in [6.45, 7) is 0.121. The Morgan fingerprint density at radius 3 is 2.65 bits per heavy atom. The SMILES string of the molecule is O=C(Nc1ccc2c(n1)N(S(=O)(=O)c1cccc(Cl)c1)CCO2)c1c(F)cccc1Cl. The van der Waals surface area contributed by atoms with Crippen LogP contribution in [0.25, 0.3) is 0 Å². The molecular formula is C20H14Cl2FN3O4S. The van der Waals surface area contributed by atoms with Crippen molar-refractivity contribution in [2.75, 3.05) is 22.8 Å². The number of halogens is 3. The number of carbonyl (C=O) groups excluding carboxylic acids is 1. The van der Waals surface area contributed by atoms with E-state index in [0.29, 0.717) is 0 Å². The van der Waals surface area contributed by atoms with Crippen LogP contribution in [-0.4, -0.2) is 32.5 Å². The van der Waals surface area contributed by atoms with Gasteiger partial charge in [-0.2, -0.15) is 0 Å². The summed E-state index contributed by atoms with van der Waals surface area (Å²) in [5, 5.41) is 2.64. The van der Waals surface area contributed by atoms with Crippen LogP contribution in [0.4, 0.5) is 16.0 Å². The van der Waals surface area contributed by atoms with Crippen LogP contribution in [0, 0.1) is 5.82 Å². The lowest BCUT2D eigenvalue weighted by atomic mass is 10.2. The molecule has 1 aliphatic rings. The van der Waals surface area contributed by atoms with Gasteiger partial charge in [0.1, 0.15) is 18.2 Å². The van der Waals surface area contributed by atoms with Gasteiger partial charge in [0.05, 0.1) is 22.0 Å². The molecule has 0 spiro atoms. The highest BCUT2D eigenvalue weighted by Crippen LogP contribution is 2.35. The number of pyridine rings is 1. The predicted octanol–water partition coefficient (Wildman–Crippen LogP) is 4.37. The summed E-state index contributed by atoms with van der Waals surface area (Å²) in [6, 6.07) is 12.6. The van der Waals surface area contributed by atoms with E-state index < -0.39 is 21.7 Å². The monoisotopic (exact) mass is 481 g/mol. The van der Waals surface area contributed by atoms with Crippen LogP contribution in [0.15, 0.2) is 59.5 Å². The molecule has 0 fully saturated rings. The summed E-state index contributed by atoms with van der Waals surface area (Å²) in [5.74, 6) is -1.41. The Bertz CT molecular complexity index is 1270. The van der Waals surface area contributed by atoms with Crippen molar-refractivity contribution >= 4 is 50.8 Å². The van der Waals surface area contributed by atoms with Crippen LogP contribution in [-0.2, 0) is 10.0 Å². The molecule has 2 aromatic carbocycles. The Labute approximate surface area is 187 Å². The molecule has 0 atom stereocenters. The largest absolute Gasteiger partial charge is 0.488 e. The summed E-state index contributed by atoms with van der Waals surface area (Å²) in [7, 11) is -4.00. The number of carbonyl (C=O) groups is 1. The number of amides is 1. The summed E-state index contributed by atoms with van der Waals surface area (Å²) in [6.07, 6.45) is 0. The second-order valence-corrected chi connectivity index (χ2v) is 9.16. The second kappa shape index (κ2) is 8.33. The minimum atomic E-state index is -4.00. The van der Waals surface area contributed by atoms with Crippen LogP contribution in [0.5, 0.6) is 5.75 Å². The summed E-state index contributed by atoms with van der Waals surface area (Å²) in [5.41, 5.74) is -0.344. The number of benzene rings is 2. The molecule has 1 N–H and O–H groups in total. The van der Waals surface area contributed by atoms with Crippen molar-refractivity contribution in [3.8, 4) is 5.75 Å². The number of sulfonamides is 1. The fourth-order valence-corrected chi connectivity index (χ4v) is 4.98. The predicted molar refractivity (Wildman–Crippen MR) is 115 cm³/mol.